The van der Waals surface area contributed by atoms with Gasteiger partial charge in [-0.3, -0.25) is 14.4 Å². The molecular weight excluding hydrogens is 652 g/mol. The summed E-state index contributed by atoms with van der Waals surface area (Å²) in [6.45, 7) is 5.58. The van der Waals surface area contributed by atoms with Gasteiger partial charge in [0.05, 0.1) is 19.8 Å². The van der Waals surface area contributed by atoms with E-state index in [2.05, 4.69) is 24.5 Å². The number of carbonyl (C=O) groups excluding carboxylic acids is 3. The summed E-state index contributed by atoms with van der Waals surface area (Å²) in [7, 11) is 1.57. The zero-order chi connectivity index (χ0) is 38.0. The number of nitrogens with one attached hydrogen (secondary N) is 2. The first-order chi connectivity index (χ1) is 25.5. The lowest BCUT2D eigenvalue weighted by Crippen LogP contribution is -2.46. The molecule has 0 saturated carbocycles. The molecule has 0 radical (unpaired) electrons. The maximum atomic E-state index is 13.0. The predicted octanol–water partition coefficient (Wildman–Crippen LogP) is 11.3. The molecule has 308 valence electrons. The first-order valence-corrected chi connectivity index (χ1v) is 22.4. The van der Waals surface area contributed by atoms with E-state index in [0.717, 1.165) is 32.1 Å². The van der Waals surface area contributed by atoms with Crippen molar-refractivity contribution in [1.29, 1.82) is 0 Å². The highest BCUT2D eigenvalue weighted by atomic mass is 16.5. The van der Waals surface area contributed by atoms with E-state index in [0.29, 0.717) is 19.8 Å². The Balaban J connectivity index is 4.12. The van der Waals surface area contributed by atoms with Gasteiger partial charge >= 0.3 is 5.97 Å². The third-order valence-corrected chi connectivity index (χ3v) is 10.0. The number of ether oxygens (including phenoxy) is 3. The third-order valence-electron chi connectivity index (χ3n) is 10.0. The third kappa shape index (κ3) is 38.1. The molecular formula is C44H86N2O6. The second-order valence-corrected chi connectivity index (χ2v) is 15.1. The molecule has 0 aliphatic rings. The standard InChI is InChI=1S/C44H86N2O6/c1-4-6-8-10-12-14-16-18-20-22-24-26-28-30-32-34-36-45-44(49)41(39-46-42(47)40-51-38-37-50-3)52-43(48)35-33-31-29-27-25-23-21-19-17-15-13-11-9-7-5-2/h41H,4-40H2,1-3H3,(H,45,49)(H,46,47). The molecule has 0 fully saturated rings. The number of hydrogen-bond donors (Lipinski definition) is 2. The maximum absolute atomic E-state index is 13.0. The lowest BCUT2D eigenvalue weighted by molar-refractivity contribution is -0.156. The van der Waals surface area contributed by atoms with Gasteiger partial charge in [0.25, 0.3) is 5.91 Å². The zero-order valence-electron chi connectivity index (χ0n) is 34.7. The van der Waals surface area contributed by atoms with Crippen LogP contribution in [-0.4, -0.2) is 63.9 Å². The van der Waals surface area contributed by atoms with Crippen LogP contribution >= 0.6 is 0 Å². The summed E-state index contributed by atoms with van der Waals surface area (Å²) in [4.78, 5) is 37.9. The van der Waals surface area contributed by atoms with Crippen molar-refractivity contribution < 1.29 is 28.6 Å². The lowest BCUT2D eigenvalue weighted by atomic mass is 10.0. The molecule has 8 heteroatoms. The van der Waals surface area contributed by atoms with E-state index in [9.17, 15) is 14.4 Å². The van der Waals surface area contributed by atoms with Crippen molar-refractivity contribution >= 4 is 17.8 Å². The van der Waals surface area contributed by atoms with Crippen molar-refractivity contribution in [2.24, 2.45) is 0 Å². The van der Waals surface area contributed by atoms with Crippen molar-refractivity contribution in [1.82, 2.24) is 10.6 Å². The number of esters is 1. The highest BCUT2D eigenvalue weighted by Gasteiger charge is 2.23. The number of amides is 2. The van der Waals surface area contributed by atoms with Gasteiger partial charge in [0.2, 0.25) is 5.91 Å². The fourth-order valence-electron chi connectivity index (χ4n) is 6.61. The van der Waals surface area contributed by atoms with E-state index in [1.807, 2.05) is 0 Å². The van der Waals surface area contributed by atoms with E-state index in [-0.39, 0.29) is 37.4 Å². The monoisotopic (exact) mass is 739 g/mol. The minimum atomic E-state index is -1.05. The van der Waals surface area contributed by atoms with Gasteiger partial charge in [-0.15, -0.1) is 0 Å². The molecule has 0 bridgehead atoms. The lowest BCUT2D eigenvalue weighted by Gasteiger charge is -2.18. The molecule has 0 heterocycles. The second-order valence-electron chi connectivity index (χ2n) is 15.1. The summed E-state index contributed by atoms with van der Waals surface area (Å²) in [6, 6.07) is 0. The number of rotatable bonds is 42. The number of unbranched alkanes of at least 4 members (excludes halogenated alkanes) is 29. The molecule has 0 spiro atoms. The zero-order valence-corrected chi connectivity index (χ0v) is 34.7. The van der Waals surface area contributed by atoms with Crippen molar-refractivity contribution in [2.45, 2.75) is 225 Å². The summed E-state index contributed by atoms with van der Waals surface area (Å²) < 4.78 is 15.8. The number of methoxy groups -OCH3 is 1. The van der Waals surface area contributed by atoms with E-state index in [1.54, 1.807) is 7.11 Å². The first-order valence-electron chi connectivity index (χ1n) is 22.4. The Labute approximate surface area is 321 Å². The summed E-state index contributed by atoms with van der Waals surface area (Å²) >= 11 is 0. The minimum absolute atomic E-state index is 0.0676. The molecule has 0 rings (SSSR count). The Kier molecular flexibility index (Phi) is 40.7. The number of hydrogen-bond acceptors (Lipinski definition) is 6. The SMILES string of the molecule is CCCCCCCCCCCCCCCCCCNC(=O)C(CNC(=O)COCCOC)OC(=O)CCCCCCCCCCCCCCCCC. The fourth-order valence-corrected chi connectivity index (χ4v) is 6.61. The van der Waals surface area contributed by atoms with Crippen LogP contribution in [0.5, 0.6) is 0 Å². The fraction of sp³-hybridized carbons (Fsp3) is 0.932. The van der Waals surface area contributed by atoms with E-state index < -0.39 is 6.10 Å². The average Bonchev–Trinajstić information content (AvgIpc) is 3.14. The molecule has 0 aromatic heterocycles. The van der Waals surface area contributed by atoms with Crippen molar-refractivity contribution in [2.75, 3.05) is 40.0 Å². The Morgan fingerprint density at radius 2 is 0.865 bits per heavy atom. The Hall–Kier alpha value is -1.67. The van der Waals surface area contributed by atoms with Crippen LogP contribution in [0.15, 0.2) is 0 Å². The van der Waals surface area contributed by atoms with Gasteiger partial charge in [-0.2, -0.15) is 0 Å². The van der Waals surface area contributed by atoms with Crippen LogP contribution in [0.3, 0.4) is 0 Å². The topological polar surface area (TPSA) is 103 Å². The molecule has 8 nitrogen and oxygen atoms in total. The van der Waals surface area contributed by atoms with Crippen LogP contribution in [0.4, 0.5) is 0 Å². The Bertz CT molecular complexity index is 780. The molecule has 1 atom stereocenters. The molecule has 0 aromatic carbocycles. The molecule has 0 aliphatic carbocycles. The van der Waals surface area contributed by atoms with Crippen LogP contribution in [0, 0.1) is 0 Å². The molecule has 2 amide bonds. The van der Waals surface area contributed by atoms with Crippen LogP contribution in [0.2, 0.25) is 0 Å². The summed E-state index contributed by atoms with van der Waals surface area (Å²) in [5.41, 5.74) is 0. The first kappa shape index (κ1) is 50.3. The van der Waals surface area contributed by atoms with E-state index >= 15 is 0 Å². The summed E-state index contributed by atoms with van der Waals surface area (Å²) in [5, 5.41) is 5.61. The highest BCUT2D eigenvalue weighted by molar-refractivity contribution is 5.85. The average molecular weight is 739 g/mol. The molecule has 0 aliphatic heterocycles. The largest absolute Gasteiger partial charge is 0.450 e. The van der Waals surface area contributed by atoms with Gasteiger partial charge in [-0.05, 0) is 12.8 Å². The normalized spacial score (nSPS) is 11.8. The molecule has 52 heavy (non-hydrogen) atoms. The van der Waals surface area contributed by atoms with Crippen LogP contribution in [-0.2, 0) is 28.6 Å². The molecule has 1 unspecified atom stereocenters. The molecule has 0 saturated heterocycles. The van der Waals surface area contributed by atoms with Gasteiger partial charge < -0.3 is 24.8 Å². The van der Waals surface area contributed by atoms with Gasteiger partial charge in [0.15, 0.2) is 6.10 Å². The van der Waals surface area contributed by atoms with E-state index in [1.165, 1.54) is 167 Å². The highest BCUT2D eigenvalue weighted by Crippen LogP contribution is 2.15. The van der Waals surface area contributed by atoms with Gasteiger partial charge in [0.1, 0.15) is 6.61 Å². The van der Waals surface area contributed by atoms with Crippen LogP contribution in [0.1, 0.15) is 219 Å². The Morgan fingerprint density at radius 3 is 1.27 bits per heavy atom. The second kappa shape index (κ2) is 42.1. The van der Waals surface area contributed by atoms with Gasteiger partial charge in [0, 0.05) is 20.1 Å². The maximum Gasteiger partial charge on any atom is 0.306 e. The van der Waals surface area contributed by atoms with E-state index in [4.69, 9.17) is 14.2 Å². The summed E-state index contributed by atoms with van der Waals surface area (Å²) in [5.74, 6) is -1.10. The van der Waals surface area contributed by atoms with Crippen molar-refractivity contribution in [3.63, 3.8) is 0 Å². The van der Waals surface area contributed by atoms with Crippen molar-refractivity contribution in [3.8, 4) is 0 Å². The van der Waals surface area contributed by atoms with Crippen LogP contribution < -0.4 is 10.6 Å². The minimum Gasteiger partial charge on any atom is -0.450 e. The van der Waals surface area contributed by atoms with Crippen molar-refractivity contribution in [3.05, 3.63) is 0 Å². The molecule has 2 N–H and O–H groups in total. The smallest absolute Gasteiger partial charge is 0.306 e. The Morgan fingerprint density at radius 1 is 0.481 bits per heavy atom. The van der Waals surface area contributed by atoms with Crippen LogP contribution in [0.25, 0.3) is 0 Å². The quantitative estimate of drug-likeness (QED) is 0.0477. The predicted molar refractivity (Wildman–Crippen MR) is 218 cm³/mol. The van der Waals surface area contributed by atoms with Gasteiger partial charge in [-0.25, -0.2) is 0 Å². The number of carbonyl (C=O) groups is 3. The molecule has 0 aromatic rings. The van der Waals surface area contributed by atoms with Gasteiger partial charge in [-0.1, -0.05) is 200 Å². The summed E-state index contributed by atoms with van der Waals surface area (Å²) in [6.07, 6.45) is 39.0.